The van der Waals surface area contributed by atoms with Gasteiger partial charge in [-0.2, -0.15) is 0 Å². The Labute approximate surface area is 198 Å². The van der Waals surface area contributed by atoms with Crippen molar-refractivity contribution in [1.82, 2.24) is 4.98 Å². The van der Waals surface area contributed by atoms with Crippen molar-refractivity contribution in [3.8, 4) is 16.9 Å². The molecule has 0 aliphatic carbocycles. The Morgan fingerprint density at radius 3 is 2.82 bits per heavy atom. The van der Waals surface area contributed by atoms with E-state index in [1.165, 1.54) is 0 Å². The quantitative estimate of drug-likeness (QED) is 0.344. The fourth-order valence-electron chi connectivity index (χ4n) is 3.84. The van der Waals surface area contributed by atoms with Crippen molar-refractivity contribution in [1.29, 1.82) is 0 Å². The fourth-order valence-corrected chi connectivity index (χ4v) is 3.84. The number of fused-ring (bicyclic) bond motifs is 1. The van der Waals surface area contributed by atoms with Crippen LogP contribution in [-0.4, -0.2) is 30.8 Å². The number of nitrogens with zero attached hydrogens (tertiary/aromatic N) is 1. The van der Waals surface area contributed by atoms with E-state index in [9.17, 15) is 4.79 Å². The molecular formula is C27H28N2O5. The van der Waals surface area contributed by atoms with E-state index in [0.717, 1.165) is 38.9 Å². The van der Waals surface area contributed by atoms with Gasteiger partial charge in [-0.15, -0.1) is 0 Å². The molecule has 2 aromatic heterocycles. The highest BCUT2D eigenvalue weighted by Gasteiger charge is 2.15. The van der Waals surface area contributed by atoms with Crippen molar-refractivity contribution in [2.24, 2.45) is 5.73 Å². The van der Waals surface area contributed by atoms with Crippen molar-refractivity contribution in [2.75, 3.05) is 13.7 Å². The first-order valence-electron chi connectivity index (χ1n) is 11.1. The van der Waals surface area contributed by atoms with E-state index >= 15 is 0 Å². The first-order chi connectivity index (χ1) is 16.6. The number of rotatable bonds is 10. The summed E-state index contributed by atoms with van der Waals surface area (Å²) in [4.78, 5) is 16.6. The lowest BCUT2D eigenvalue weighted by atomic mass is 10.0. The van der Waals surface area contributed by atoms with Crippen molar-refractivity contribution in [3.63, 3.8) is 0 Å². The molecule has 0 saturated carbocycles. The molecule has 4 aromatic rings. The maximum atomic E-state index is 12.3. The second kappa shape index (κ2) is 11.0. The molecule has 4 rings (SSSR count). The Hall–Kier alpha value is -3.68. The van der Waals surface area contributed by atoms with Crippen molar-refractivity contribution < 1.29 is 23.4 Å². The Morgan fingerprint density at radius 1 is 1.15 bits per heavy atom. The van der Waals surface area contributed by atoms with Gasteiger partial charge < -0.3 is 24.4 Å². The van der Waals surface area contributed by atoms with E-state index < -0.39 is 0 Å². The molecule has 0 radical (unpaired) electrons. The zero-order valence-corrected chi connectivity index (χ0v) is 19.3. The lowest BCUT2D eigenvalue weighted by molar-refractivity contribution is -0.149. The van der Waals surface area contributed by atoms with Crippen molar-refractivity contribution >= 4 is 16.9 Å². The average Bonchev–Trinajstić information content (AvgIpc) is 3.32. The maximum absolute atomic E-state index is 12.3. The summed E-state index contributed by atoms with van der Waals surface area (Å²) in [6.45, 7) is 2.84. The molecule has 0 spiro atoms. The van der Waals surface area contributed by atoms with Gasteiger partial charge in [0, 0.05) is 36.4 Å². The highest BCUT2D eigenvalue weighted by atomic mass is 16.6. The van der Waals surface area contributed by atoms with Crippen LogP contribution in [0.15, 0.2) is 71.5 Å². The van der Waals surface area contributed by atoms with Gasteiger partial charge in [0.25, 0.3) is 0 Å². The minimum Gasteiger partial charge on any atom is -0.489 e. The first kappa shape index (κ1) is 23.5. The van der Waals surface area contributed by atoms with Gasteiger partial charge in [0.05, 0.1) is 25.0 Å². The molecule has 0 saturated heterocycles. The van der Waals surface area contributed by atoms with Gasteiger partial charge in [0.2, 0.25) is 0 Å². The van der Waals surface area contributed by atoms with Crippen LogP contribution in [0.25, 0.3) is 22.1 Å². The number of benzene rings is 2. The lowest BCUT2D eigenvalue weighted by Crippen LogP contribution is -2.21. The summed E-state index contributed by atoms with van der Waals surface area (Å²) in [7, 11) is 1.57. The molecule has 0 bridgehead atoms. The summed E-state index contributed by atoms with van der Waals surface area (Å²) >= 11 is 0. The van der Waals surface area contributed by atoms with Crippen LogP contribution in [-0.2, 0) is 33.8 Å². The first-order valence-corrected chi connectivity index (χ1v) is 11.1. The van der Waals surface area contributed by atoms with Gasteiger partial charge in [-0.3, -0.25) is 9.78 Å². The highest BCUT2D eigenvalue weighted by Crippen LogP contribution is 2.32. The predicted octanol–water partition coefficient (Wildman–Crippen LogP) is 4.65. The molecule has 34 heavy (non-hydrogen) atoms. The molecule has 2 aromatic carbocycles. The monoisotopic (exact) mass is 460 g/mol. The Morgan fingerprint density at radius 2 is 2.00 bits per heavy atom. The number of aromatic nitrogens is 1. The molecule has 1 unspecified atom stereocenters. The van der Waals surface area contributed by atoms with Gasteiger partial charge in [0.1, 0.15) is 24.0 Å². The molecule has 2 heterocycles. The summed E-state index contributed by atoms with van der Waals surface area (Å²) < 4.78 is 22.3. The second-order valence-corrected chi connectivity index (χ2v) is 8.05. The average molecular weight is 461 g/mol. The smallest absolute Gasteiger partial charge is 0.310 e. The normalized spacial score (nSPS) is 12.0. The Balaban J connectivity index is 1.54. The highest BCUT2D eigenvalue weighted by molar-refractivity contribution is 5.93. The van der Waals surface area contributed by atoms with E-state index in [4.69, 9.17) is 24.4 Å². The van der Waals surface area contributed by atoms with Crippen molar-refractivity contribution in [2.45, 2.75) is 32.6 Å². The number of ether oxygens (including phenoxy) is 3. The van der Waals surface area contributed by atoms with Crippen LogP contribution >= 0.6 is 0 Å². The number of pyridine rings is 1. The largest absolute Gasteiger partial charge is 0.489 e. The molecule has 7 nitrogen and oxygen atoms in total. The molecular weight excluding hydrogens is 432 g/mol. The topological polar surface area (TPSA) is 96.8 Å². The zero-order chi connectivity index (χ0) is 23.9. The van der Waals surface area contributed by atoms with Gasteiger partial charge in [-0.1, -0.05) is 18.2 Å². The van der Waals surface area contributed by atoms with Crippen molar-refractivity contribution in [3.05, 3.63) is 83.9 Å². The number of para-hydroxylation sites is 1. The summed E-state index contributed by atoms with van der Waals surface area (Å²) in [5.74, 6) is 0.318. The van der Waals surface area contributed by atoms with E-state index in [0.29, 0.717) is 25.5 Å². The predicted molar refractivity (Wildman–Crippen MR) is 129 cm³/mol. The maximum Gasteiger partial charge on any atom is 0.310 e. The SMILES string of the molecule is COCC(C)OC(=O)Cc1ccccc1OCc1cc(-c2ccnc(CN)c2)c2occc2c1. The number of furan rings is 1. The van der Waals surface area contributed by atoms with Crippen LogP contribution in [0.5, 0.6) is 5.75 Å². The fraction of sp³-hybridized carbons (Fsp3) is 0.259. The molecule has 176 valence electrons. The summed E-state index contributed by atoms with van der Waals surface area (Å²) in [6, 6.07) is 17.4. The summed E-state index contributed by atoms with van der Waals surface area (Å²) in [6.07, 6.45) is 3.24. The molecule has 0 amide bonds. The molecule has 0 fully saturated rings. The molecule has 7 heteroatoms. The van der Waals surface area contributed by atoms with E-state index in [2.05, 4.69) is 4.98 Å². The van der Waals surface area contributed by atoms with Crippen LogP contribution in [0.3, 0.4) is 0 Å². The van der Waals surface area contributed by atoms with Crippen LogP contribution in [0, 0.1) is 0 Å². The van der Waals surface area contributed by atoms with Gasteiger partial charge >= 0.3 is 5.97 Å². The molecule has 1 atom stereocenters. The number of hydrogen-bond donors (Lipinski definition) is 1. The third-order valence-corrected chi connectivity index (χ3v) is 5.38. The zero-order valence-electron chi connectivity index (χ0n) is 19.3. The summed E-state index contributed by atoms with van der Waals surface area (Å²) in [5, 5.41) is 0.978. The molecule has 0 aliphatic rings. The van der Waals surface area contributed by atoms with Gasteiger partial charge in [-0.25, -0.2) is 0 Å². The van der Waals surface area contributed by atoms with Crippen LogP contribution in [0.1, 0.15) is 23.7 Å². The second-order valence-electron chi connectivity index (χ2n) is 8.05. The van der Waals surface area contributed by atoms with Gasteiger partial charge in [0.15, 0.2) is 0 Å². The van der Waals surface area contributed by atoms with Gasteiger partial charge in [-0.05, 0) is 54.4 Å². The lowest BCUT2D eigenvalue weighted by Gasteiger charge is -2.15. The number of carbonyl (C=O) groups excluding carboxylic acids is 1. The van der Waals surface area contributed by atoms with Crippen LogP contribution in [0.4, 0.5) is 0 Å². The standard InChI is InChI=1S/C27H28N2O5/c1-18(16-31-2)34-26(30)14-21-5-3-4-6-25(21)33-17-19-11-22-8-10-32-27(22)24(12-19)20-7-9-29-23(13-20)15-28/h3-13,18H,14-17,28H2,1-2H3. The molecule has 2 N–H and O–H groups in total. The number of methoxy groups -OCH3 is 1. The minimum absolute atomic E-state index is 0.120. The molecule has 0 aliphatic heterocycles. The summed E-state index contributed by atoms with van der Waals surface area (Å²) in [5.41, 5.74) is 11.0. The van der Waals surface area contributed by atoms with E-state index in [-0.39, 0.29) is 18.5 Å². The number of esters is 1. The number of carbonyl (C=O) groups is 1. The minimum atomic E-state index is -0.323. The number of hydrogen-bond acceptors (Lipinski definition) is 7. The van der Waals surface area contributed by atoms with Crippen LogP contribution in [0.2, 0.25) is 0 Å². The van der Waals surface area contributed by atoms with E-state index in [1.807, 2.05) is 54.6 Å². The third kappa shape index (κ3) is 5.62. The van der Waals surface area contributed by atoms with Crippen LogP contribution < -0.4 is 10.5 Å². The third-order valence-electron chi connectivity index (χ3n) is 5.38. The number of nitrogens with two attached hydrogens (primary N) is 1. The Kier molecular flexibility index (Phi) is 7.57. The van der Waals surface area contributed by atoms with E-state index in [1.54, 1.807) is 26.5 Å². The Bertz CT molecular complexity index is 1270.